The standard InChI is InChI=1S/C13H22N4O4/c1-2-3-5-21-6-4-15-13(20)17-11(12(18)19)7-10-8-14-9-16-10/h8-9,11H,2-7H2,1H3,(H,14,16)(H,18,19)(H2,15,17,20). The number of H-pyrrole nitrogens is 1. The fraction of sp³-hybridized carbons (Fsp3) is 0.615. The van der Waals surface area contributed by atoms with Crippen molar-refractivity contribution in [2.75, 3.05) is 19.8 Å². The lowest BCUT2D eigenvalue weighted by Crippen LogP contribution is -2.47. The van der Waals surface area contributed by atoms with Gasteiger partial charge in [-0.1, -0.05) is 13.3 Å². The van der Waals surface area contributed by atoms with Gasteiger partial charge in [0.05, 0.1) is 12.9 Å². The average Bonchev–Trinajstić information content (AvgIpc) is 2.95. The molecule has 0 spiro atoms. The van der Waals surface area contributed by atoms with E-state index >= 15 is 0 Å². The minimum absolute atomic E-state index is 0.149. The van der Waals surface area contributed by atoms with Crippen LogP contribution in [0.1, 0.15) is 25.5 Å². The van der Waals surface area contributed by atoms with Gasteiger partial charge in [0, 0.05) is 31.5 Å². The summed E-state index contributed by atoms with van der Waals surface area (Å²) in [4.78, 5) is 29.3. The molecule has 1 aromatic heterocycles. The first kappa shape index (κ1) is 17.0. The molecule has 8 nitrogen and oxygen atoms in total. The number of nitrogens with zero attached hydrogens (tertiary/aromatic N) is 1. The molecule has 1 aromatic rings. The Morgan fingerprint density at radius 2 is 2.29 bits per heavy atom. The fourth-order valence-corrected chi connectivity index (χ4v) is 1.61. The monoisotopic (exact) mass is 298 g/mol. The second-order valence-electron chi connectivity index (χ2n) is 4.54. The van der Waals surface area contributed by atoms with E-state index in [4.69, 9.17) is 9.84 Å². The number of ether oxygens (including phenoxy) is 1. The zero-order chi connectivity index (χ0) is 15.5. The number of carbonyl (C=O) groups excluding carboxylic acids is 1. The third-order valence-corrected chi connectivity index (χ3v) is 2.76. The number of urea groups is 1. The second-order valence-corrected chi connectivity index (χ2v) is 4.54. The van der Waals surface area contributed by atoms with Gasteiger partial charge >= 0.3 is 12.0 Å². The normalized spacial score (nSPS) is 11.9. The van der Waals surface area contributed by atoms with E-state index in [-0.39, 0.29) is 6.42 Å². The molecule has 8 heteroatoms. The summed E-state index contributed by atoms with van der Waals surface area (Å²) in [7, 11) is 0. The Labute approximate surface area is 123 Å². The molecule has 118 valence electrons. The smallest absolute Gasteiger partial charge is 0.326 e. The van der Waals surface area contributed by atoms with Crippen molar-refractivity contribution in [1.29, 1.82) is 0 Å². The highest BCUT2D eigenvalue weighted by atomic mass is 16.5. The molecule has 0 aliphatic carbocycles. The number of aliphatic carboxylic acids is 1. The number of amides is 2. The SMILES string of the molecule is CCCCOCCNC(=O)NC(Cc1cnc[nH]1)C(=O)O. The van der Waals surface area contributed by atoms with Crippen LogP contribution in [-0.2, 0) is 16.0 Å². The van der Waals surface area contributed by atoms with Crippen molar-refractivity contribution >= 4 is 12.0 Å². The summed E-state index contributed by atoms with van der Waals surface area (Å²) in [5.41, 5.74) is 0.644. The maximum absolute atomic E-state index is 11.6. The van der Waals surface area contributed by atoms with Crippen LogP contribution in [0.5, 0.6) is 0 Å². The van der Waals surface area contributed by atoms with E-state index in [1.807, 2.05) is 0 Å². The van der Waals surface area contributed by atoms with Gasteiger partial charge < -0.3 is 25.5 Å². The first-order valence-electron chi connectivity index (χ1n) is 6.95. The van der Waals surface area contributed by atoms with Gasteiger partial charge in [-0.15, -0.1) is 0 Å². The third kappa shape index (κ3) is 7.31. The maximum Gasteiger partial charge on any atom is 0.326 e. The van der Waals surface area contributed by atoms with E-state index in [2.05, 4.69) is 27.5 Å². The molecular formula is C13H22N4O4. The van der Waals surface area contributed by atoms with Gasteiger partial charge in [-0.2, -0.15) is 0 Å². The fourth-order valence-electron chi connectivity index (χ4n) is 1.61. The molecule has 1 unspecified atom stereocenters. The molecule has 1 atom stereocenters. The van der Waals surface area contributed by atoms with E-state index in [1.165, 1.54) is 12.5 Å². The molecule has 0 bridgehead atoms. The van der Waals surface area contributed by atoms with Crippen LogP contribution in [0.3, 0.4) is 0 Å². The molecule has 0 saturated heterocycles. The number of carbonyl (C=O) groups is 2. The quantitative estimate of drug-likeness (QED) is 0.470. The molecule has 0 aromatic carbocycles. The molecule has 4 N–H and O–H groups in total. The van der Waals surface area contributed by atoms with Gasteiger partial charge in [0.2, 0.25) is 0 Å². The number of nitrogens with one attached hydrogen (secondary N) is 3. The molecule has 0 fully saturated rings. The lowest BCUT2D eigenvalue weighted by molar-refractivity contribution is -0.139. The number of carboxylic acid groups (broad SMARTS) is 1. The van der Waals surface area contributed by atoms with E-state index in [0.29, 0.717) is 25.5 Å². The third-order valence-electron chi connectivity index (χ3n) is 2.76. The Hall–Kier alpha value is -2.09. The van der Waals surface area contributed by atoms with Crippen molar-refractivity contribution in [2.24, 2.45) is 0 Å². The predicted molar refractivity (Wildman–Crippen MR) is 76.0 cm³/mol. The van der Waals surface area contributed by atoms with Crippen LogP contribution in [0.15, 0.2) is 12.5 Å². The minimum atomic E-state index is -1.10. The van der Waals surface area contributed by atoms with E-state index in [9.17, 15) is 9.59 Å². The molecule has 1 heterocycles. The van der Waals surface area contributed by atoms with Crippen molar-refractivity contribution in [2.45, 2.75) is 32.2 Å². The summed E-state index contributed by atoms with van der Waals surface area (Å²) in [5, 5.41) is 14.1. The zero-order valence-electron chi connectivity index (χ0n) is 12.1. The predicted octanol–water partition coefficient (Wildman–Crippen LogP) is 0.521. The Kier molecular flexibility index (Phi) is 7.88. The van der Waals surface area contributed by atoms with Gasteiger partial charge in [0.15, 0.2) is 0 Å². The molecule has 2 amide bonds. The summed E-state index contributed by atoms with van der Waals surface area (Å²) in [6.45, 7) is 3.48. The Balaban J connectivity index is 2.24. The molecular weight excluding hydrogens is 276 g/mol. The van der Waals surface area contributed by atoms with Crippen LogP contribution in [-0.4, -0.2) is 52.9 Å². The van der Waals surface area contributed by atoms with Crippen LogP contribution >= 0.6 is 0 Å². The average molecular weight is 298 g/mol. The first-order valence-corrected chi connectivity index (χ1v) is 6.95. The number of carboxylic acids is 1. The molecule has 1 rings (SSSR count). The summed E-state index contributed by atoms with van der Waals surface area (Å²) >= 11 is 0. The van der Waals surface area contributed by atoms with Crippen molar-refractivity contribution in [3.63, 3.8) is 0 Å². The number of imidazole rings is 1. The molecule has 0 radical (unpaired) electrons. The number of aromatic nitrogens is 2. The van der Waals surface area contributed by atoms with Crippen molar-refractivity contribution in [3.05, 3.63) is 18.2 Å². The molecule has 0 aliphatic heterocycles. The van der Waals surface area contributed by atoms with Crippen LogP contribution in [0.4, 0.5) is 4.79 Å². The minimum Gasteiger partial charge on any atom is -0.480 e. The van der Waals surface area contributed by atoms with Crippen LogP contribution in [0.2, 0.25) is 0 Å². The summed E-state index contributed by atoms with van der Waals surface area (Å²) < 4.78 is 5.29. The highest BCUT2D eigenvalue weighted by molar-refractivity contribution is 5.82. The highest BCUT2D eigenvalue weighted by Crippen LogP contribution is 1.98. The Bertz CT molecular complexity index is 422. The van der Waals surface area contributed by atoms with E-state index in [1.54, 1.807) is 0 Å². The van der Waals surface area contributed by atoms with Crippen LogP contribution in [0.25, 0.3) is 0 Å². The number of rotatable bonds is 10. The van der Waals surface area contributed by atoms with Gasteiger partial charge in [-0.3, -0.25) is 0 Å². The lowest BCUT2D eigenvalue weighted by Gasteiger charge is -2.14. The topological polar surface area (TPSA) is 116 Å². The largest absolute Gasteiger partial charge is 0.480 e. The number of hydrogen-bond donors (Lipinski definition) is 4. The number of hydrogen-bond acceptors (Lipinski definition) is 4. The number of unbranched alkanes of at least 4 members (excludes halogenated alkanes) is 1. The number of aromatic amines is 1. The van der Waals surface area contributed by atoms with Gasteiger partial charge in [0.25, 0.3) is 0 Å². The van der Waals surface area contributed by atoms with Crippen molar-refractivity contribution < 1.29 is 19.4 Å². The highest BCUT2D eigenvalue weighted by Gasteiger charge is 2.20. The summed E-state index contributed by atoms with van der Waals surface area (Å²) in [6.07, 6.45) is 5.17. The van der Waals surface area contributed by atoms with E-state index in [0.717, 1.165) is 12.8 Å². The Morgan fingerprint density at radius 1 is 1.48 bits per heavy atom. The molecule has 0 aliphatic rings. The summed E-state index contributed by atoms with van der Waals surface area (Å²) in [6, 6.07) is -1.53. The van der Waals surface area contributed by atoms with E-state index < -0.39 is 18.0 Å². The van der Waals surface area contributed by atoms with Crippen molar-refractivity contribution in [3.8, 4) is 0 Å². The van der Waals surface area contributed by atoms with Crippen LogP contribution < -0.4 is 10.6 Å². The summed E-state index contributed by atoms with van der Waals surface area (Å²) in [5.74, 6) is -1.10. The lowest BCUT2D eigenvalue weighted by atomic mass is 10.2. The van der Waals surface area contributed by atoms with Crippen molar-refractivity contribution in [1.82, 2.24) is 20.6 Å². The van der Waals surface area contributed by atoms with Gasteiger partial charge in [-0.25, -0.2) is 14.6 Å². The second kappa shape index (κ2) is 9.76. The maximum atomic E-state index is 11.6. The van der Waals surface area contributed by atoms with Gasteiger partial charge in [0.1, 0.15) is 6.04 Å². The Morgan fingerprint density at radius 3 is 2.90 bits per heavy atom. The first-order chi connectivity index (χ1) is 10.1. The van der Waals surface area contributed by atoms with Crippen LogP contribution in [0, 0.1) is 0 Å². The molecule has 0 saturated carbocycles. The van der Waals surface area contributed by atoms with Gasteiger partial charge in [-0.05, 0) is 6.42 Å². The molecule has 21 heavy (non-hydrogen) atoms. The zero-order valence-corrected chi connectivity index (χ0v) is 12.1.